The summed E-state index contributed by atoms with van der Waals surface area (Å²) in [5.74, 6) is 0.0185. The molecule has 3 nitrogen and oxygen atoms in total. The van der Waals surface area contributed by atoms with Gasteiger partial charge >= 0.3 is 0 Å². The van der Waals surface area contributed by atoms with E-state index in [-0.39, 0.29) is 12.2 Å². The third-order valence-electron chi connectivity index (χ3n) is 2.01. The third-order valence-corrected chi connectivity index (χ3v) is 2.54. The molecule has 0 unspecified atom stereocenters. The number of methoxy groups -OCH3 is 1. The summed E-state index contributed by atoms with van der Waals surface area (Å²) in [5, 5.41) is 8.93. The predicted molar refractivity (Wildman–Crippen MR) is 57.7 cm³/mol. The Balaban J connectivity index is 3.29. The monoisotopic (exact) mass is 290 g/mol. The second-order valence-corrected chi connectivity index (χ2v) is 3.51. The lowest BCUT2D eigenvalue weighted by Crippen LogP contribution is -2.03. The van der Waals surface area contributed by atoms with Gasteiger partial charge in [-0.25, -0.2) is 13.8 Å². The van der Waals surface area contributed by atoms with Crippen LogP contribution in [0.15, 0.2) is 6.07 Å². The zero-order chi connectivity index (χ0) is 12.1. The summed E-state index contributed by atoms with van der Waals surface area (Å²) in [4.78, 5) is 3.81. The predicted octanol–water partition coefficient (Wildman–Crippen LogP) is 2.99. The van der Waals surface area contributed by atoms with Crippen LogP contribution < -0.4 is 4.74 Å². The molecule has 0 radical (unpaired) electrons. The molecule has 0 spiro atoms. The maximum absolute atomic E-state index is 12.6. The first-order valence-electron chi connectivity index (χ1n) is 4.41. The smallest absolute Gasteiger partial charge is 0.284 e. The van der Waals surface area contributed by atoms with Gasteiger partial charge in [-0.15, -0.1) is 0 Å². The first-order valence-corrected chi connectivity index (χ1v) is 5.54. The molecule has 0 fully saturated rings. The summed E-state index contributed by atoms with van der Waals surface area (Å²) in [5.41, 5.74) is 0.650. The Hall–Kier alpha value is -1.22. The van der Waals surface area contributed by atoms with Crippen LogP contribution in [0.4, 0.5) is 8.78 Å². The topological polar surface area (TPSA) is 45.9 Å². The van der Waals surface area contributed by atoms with Gasteiger partial charge in [-0.2, -0.15) is 5.26 Å². The molecule has 1 heterocycles. The lowest BCUT2D eigenvalue weighted by molar-refractivity contribution is 0.141. The van der Waals surface area contributed by atoms with Gasteiger partial charge in [0, 0.05) is 5.33 Å². The molecule has 86 valence electrons. The number of halogens is 3. The molecule has 0 aliphatic rings. The van der Waals surface area contributed by atoms with Gasteiger partial charge in [0.2, 0.25) is 0 Å². The largest absolute Gasteiger partial charge is 0.495 e. The Morgan fingerprint density at radius 3 is 2.75 bits per heavy atom. The molecule has 0 saturated carbocycles. The molecule has 6 heteroatoms. The third kappa shape index (κ3) is 2.67. The molecule has 0 amide bonds. The van der Waals surface area contributed by atoms with Crippen molar-refractivity contribution in [3.05, 3.63) is 23.0 Å². The van der Waals surface area contributed by atoms with E-state index in [9.17, 15) is 8.78 Å². The van der Waals surface area contributed by atoms with Crippen molar-refractivity contribution in [2.24, 2.45) is 0 Å². The molecule has 0 aliphatic carbocycles. The van der Waals surface area contributed by atoms with Crippen molar-refractivity contribution in [1.82, 2.24) is 4.98 Å². The summed E-state index contributed by atoms with van der Waals surface area (Å²) in [6.45, 7) is 0. The molecule has 1 rings (SSSR count). The molecule has 0 saturated heterocycles. The molecule has 0 bridgehead atoms. The second kappa shape index (κ2) is 5.75. The van der Waals surface area contributed by atoms with E-state index >= 15 is 0 Å². The van der Waals surface area contributed by atoms with Gasteiger partial charge in [0.25, 0.3) is 6.43 Å². The fourth-order valence-corrected chi connectivity index (χ4v) is 1.75. The maximum atomic E-state index is 12.6. The number of aromatic nitrogens is 1. The van der Waals surface area contributed by atoms with E-state index in [1.54, 1.807) is 0 Å². The number of nitriles is 1. The van der Waals surface area contributed by atoms with Crippen LogP contribution in [0.2, 0.25) is 0 Å². The van der Waals surface area contributed by atoms with E-state index in [0.29, 0.717) is 16.6 Å². The van der Waals surface area contributed by atoms with Gasteiger partial charge in [0.1, 0.15) is 11.4 Å². The SMILES string of the molecule is COc1cc(CC#N)c(CBr)nc1C(F)F. The zero-order valence-electron chi connectivity index (χ0n) is 8.51. The van der Waals surface area contributed by atoms with Crippen LogP contribution in [0, 0.1) is 11.3 Å². The van der Waals surface area contributed by atoms with Crippen LogP contribution in [0.1, 0.15) is 23.4 Å². The Labute approximate surface area is 100 Å². The highest BCUT2D eigenvalue weighted by Crippen LogP contribution is 2.29. The van der Waals surface area contributed by atoms with Gasteiger partial charge in [-0.05, 0) is 11.6 Å². The highest BCUT2D eigenvalue weighted by molar-refractivity contribution is 9.08. The average molecular weight is 291 g/mol. The Bertz CT molecular complexity index is 418. The van der Waals surface area contributed by atoms with Gasteiger partial charge in [-0.3, -0.25) is 0 Å². The Kier molecular flexibility index (Phi) is 4.62. The number of rotatable bonds is 4. The molecule has 1 aromatic heterocycles. The fourth-order valence-electron chi connectivity index (χ4n) is 1.26. The van der Waals surface area contributed by atoms with Crippen LogP contribution in [0.5, 0.6) is 5.75 Å². The van der Waals surface area contributed by atoms with Gasteiger partial charge in [0.15, 0.2) is 0 Å². The van der Waals surface area contributed by atoms with Gasteiger partial charge in [0.05, 0.1) is 25.3 Å². The molecule has 0 N–H and O–H groups in total. The lowest BCUT2D eigenvalue weighted by Gasteiger charge is -2.11. The molecule has 0 aliphatic heterocycles. The summed E-state index contributed by atoms with van der Waals surface area (Å²) in [6, 6.07) is 3.39. The summed E-state index contributed by atoms with van der Waals surface area (Å²) < 4.78 is 30.1. The van der Waals surface area contributed by atoms with Crippen molar-refractivity contribution >= 4 is 15.9 Å². The zero-order valence-corrected chi connectivity index (χ0v) is 10.1. The number of hydrogen-bond donors (Lipinski definition) is 0. The minimum Gasteiger partial charge on any atom is -0.495 e. The minimum atomic E-state index is -2.69. The summed E-state index contributed by atoms with van der Waals surface area (Å²) >= 11 is 3.15. The molecular weight excluding hydrogens is 282 g/mol. The van der Waals surface area contributed by atoms with E-state index in [1.807, 2.05) is 6.07 Å². The minimum absolute atomic E-state index is 0.0185. The van der Waals surface area contributed by atoms with E-state index in [2.05, 4.69) is 20.9 Å². The van der Waals surface area contributed by atoms with Crippen LogP contribution in [-0.4, -0.2) is 12.1 Å². The van der Waals surface area contributed by atoms with Crippen LogP contribution in [0.3, 0.4) is 0 Å². The molecular formula is C10H9BrF2N2O. The highest BCUT2D eigenvalue weighted by atomic mass is 79.9. The number of hydrogen-bond acceptors (Lipinski definition) is 3. The first-order chi connectivity index (χ1) is 7.63. The van der Waals surface area contributed by atoms with Crippen molar-refractivity contribution in [2.45, 2.75) is 18.2 Å². The Morgan fingerprint density at radius 2 is 2.31 bits per heavy atom. The van der Waals surface area contributed by atoms with E-state index in [4.69, 9.17) is 10.00 Å². The first kappa shape index (κ1) is 12.8. The van der Waals surface area contributed by atoms with Crippen molar-refractivity contribution in [2.75, 3.05) is 7.11 Å². The standard InChI is InChI=1S/C10H9BrF2N2O/c1-16-8-4-6(2-3-14)7(5-11)15-9(8)10(12)13/h4,10H,2,5H2,1H3. The van der Waals surface area contributed by atoms with Crippen molar-refractivity contribution in [3.8, 4) is 11.8 Å². The average Bonchev–Trinajstić information content (AvgIpc) is 2.28. The van der Waals surface area contributed by atoms with Crippen LogP contribution in [-0.2, 0) is 11.8 Å². The normalized spacial score (nSPS) is 10.2. The number of nitrogens with zero attached hydrogens (tertiary/aromatic N) is 2. The van der Waals surface area contributed by atoms with E-state index in [0.717, 1.165) is 0 Å². The molecule has 0 atom stereocenters. The van der Waals surface area contributed by atoms with Gasteiger partial charge in [-0.1, -0.05) is 15.9 Å². The molecule has 1 aromatic rings. The Morgan fingerprint density at radius 1 is 1.62 bits per heavy atom. The van der Waals surface area contributed by atoms with E-state index in [1.165, 1.54) is 13.2 Å². The van der Waals surface area contributed by atoms with Crippen molar-refractivity contribution in [1.29, 1.82) is 5.26 Å². The number of alkyl halides is 3. The van der Waals surface area contributed by atoms with Gasteiger partial charge < -0.3 is 4.74 Å². The number of pyridine rings is 1. The van der Waals surface area contributed by atoms with E-state index < -0.39 is 12.1 Å². The van der Waals surface area contributed by atoms with Crippen molar-refractivity contribution in [3.63, 3.8) is 0 Å². The molecule has 16 heavy (non-hydrogen) atoms. The second-order valence-electron chi connectivity index (χ2n) is 2.95. The number of ether oxygens (including phenoxy) is 1. The molecule has 0 aromatic carbocycles. The van der Waals surface area contributed by atoms with Crippen molar-refractivity contribution < 1.29 is 13.5 Å². The quantitative estimate of drug-likeness (QED) is 0.801. The lowest BCUT2D eigenvalue weighted by atomic mass is 10.1. The van der Waals surface area contributed by atoms with Crippen LogP contribution >= 0.6 is 15.9 Å². The van der Waals surface area contributed by atoms with Crippen LogP contribution in [0.25, 0.3) is 0 Å². The fraction of sp³-hybridized carbons (Fsp3) is 0.400. The summed E-state index contributed by atoms with van der Waals surface area (Å²) in [6.07, 6.45) is -2.57. The highest BCUT2D eigenvalue weighted by Gasteiger charge is 2.18. The summed E-state index contributed by atoms with van der Waals surface area (Å²) in [7, 11) is 1.30. The maximum Gasteiger partial charge on any atom is 0.284 e.